The van der Waals surface area contributed by atoms with E-state index in [-0.39, 0.29) is 11.4 Å². The van der Waals surface area contributed by atoms with Crippen molar-refractivity contribution in [1.29, 1.82) is 0 Å². The fourth-order valence-electron chi connectivity index (χ4n) is 2.12. The van der Waals surface area contributed by atoms with Crippen LogP contribution in [0.3, 0.4) is 0 Å². The lowest BCUT2D eigenvalue weighted by molar-refractivity contribution is -0.387. The fraction of sp³-hybridized carbons (Fsp3) is 0.250. The van der Waals surface area contributed by atoms with E-state index in [1.54, 1.807) is 19.1 Å². The van der Waals surface area contributed by atoms with Crippen molar-refractivity contribution in [1.82, 2.24) is 0 Å². The average Bonchev–Trinajstić information content (AvgIpc) is 2.56. The SMILES string of the molecule is CCOc1ccc(NS(=O)(=O)c2ccc(OCC)cc2[N+](=O)[O-])cc1. The highest BCUT2D eigenvalue weighted by Gasteiger charge is 2.26. The Kier molecular flexibility index (Phi) is 5.81. The maximum absolute atomic E-state index is 12.5. The monoisotopic (exact) mass is 366 g/mol. The van der Waals surface area contributed by atoms with Gasteiger partial charge in [-0.2, -0.15) is 0 Å². The third-order valence-corrected chi connectivity index (χ3v) is 4.57. The van der Waals surface area contributed by atoms with Gasteiger partial charge in [0.15, 0.2) is 4.90 Å². The van der Waals surface area contributed by atoms with Gasteiger partial charge >= 0.3 is 0 Å². The molecule has 2 aromatic carbocycles. The van der Waals surface area contributed by atoms with E-state index in [1.807, 2.05) is 6.92 Å². The molecule has 0 saturated heterocycles. The van der Waals surface area contributed by atoms with Gasteiger partial charge in [0.2, 0.25) is 0 Å². The summed E-state index contributed by atoms with van der Waals surface area (Å²) < 4.78 is 37.8. The normalized spacial score (nSPS) is 11.0. The Morgan fingerprint density at radius 3 is 2.12 bits per heavy atom. The molecule has 0 aliphatic rings. The van der Waals surface area contributed by atoms with Gasteiger partial charge in [-0.25, -0.2) is 8.42 Å². The molecule has 0 fully saturated rings. The molecule has 2 rings (SSSR count). The Bertz CT molecular complexity index is 849. The molecule has 0 atom stereocenters. The van der Waals surface area contributed by atoms with Gasteiger partial charge in [0.05, 0.1) is 24.2 Å². The molecule has 0 bridgehead atoms. The Hall–Kier alpha value is -2.81. The number of ether oxygens (including phenoxy) is 2. The number of sulfonamides is 1. The molecular formula is C16H18N2O6S. The van der Waals surface area contributed by atoms with Crippen molar-refractivity contribution in [2.24, 2.45) is 0 Å². The summed E-state index contributed by atoms with van der Waals surface area (Å²) in [6, 6.07) is 9.87. The third-order valence-electron chi connectivity index (χ3n) is 3.15. The molecule has 9 heteroatoms. The van der Waals surface area contributed by atoms with Gasteiger partial charge in [0.1, 0.15) is 11.5 Å². The predicted octanol–water partition coefficient (Wildman–Crippen LogP) is 3.19. The molecule has 0 saturated carbocycles. The van der Waals surface area contributed by atoms with E-state index in [9.17, 15) is 18.5 Å². The van der Waals surface area contributed by atoms with Gasteiger partial charge in [0.25, 0.3) is 15.7 Å². The fourth-order valence-corrected chi connectivity index (χ4v) is 3.33. The molecule has 0 aliphatic carbocycles. The van der Waals surface area contributed by atoms with Gasteiger partial charge in [-0.15, -0.1) is 0 Å². The summed E-state index contributed by atoms with van der Waals surface area (Å²) in [5.74, 6) is 0.826. The highest BCUT2D eigenvalue weighted by Crippen LogP contribution is 2.30. The highest BCUT2D eigenvalue weighted by atomic mass is 32.2. The Balaban J connectivity index is 2.33. The largest absolute Gasteiger partial charge is 0.494 e. The van der Waals surface area contributed by atoms with Crippen molar-refractivity contribution in [2.75, 3.05) is 17.9 Å². The summed E-state index contributed by atoms with van der Waals surface area (Å²) in [6.07, 6.45) is 0. The summed E-state index contributed by atoms with van der Waals surface area (Å²) in [7, 11) is -4.13. The second kappa shape index (κ2) is 7.84. The zero-order chi connectivity index (χ0) is 18.4. The molecule has 0 aromatic heterocycles. The zero-order valence-corrected chi connectivity index (χ0v) is 14.6. The van der Waals surface area contributed by atoms with E-state index in [2.05, 4.69) is 4.72 Å². The van der Waals surface area contributed by atoms with Crippen LogP contribution in [0, 0.1) is 10.1 Å². The first kappa shape index (κ1) is 18.5. The Labute approximate surface area is 145 Å². The molecule has 1 N–H and O–H groups in total. The maximum Gasteiger partial charge on any atom is 0.293 e. The van der Waals surface area contributed by atoms with Crippen molar-refractivity contribution < 1.29 is 22.8 Å². The van der Waals surface area contributed by atoms with Crippen molar-refractivity contribution >= 4 is 21.4 Å². The molecule has 0 amide bonds. The minimum Gasteiger partial charge on any atom is -0.494 e. The molecule has 25 heavy (non-hydrogen) atoms. The summed E-state index contributed by atoms with van der Waals surface area (Å²) in [6.45, 7) is 4.36. The van der Waals surface area contributed by atoms with Crippen LogP contribution in [0.4, 0.5) is 11.4 Å². The minimum absolute atomic E-state index is 0.231. The van der Waals surface area contributed by atoms with Crippen molar-refractivity contribution in [3.05, 3.63) is 52.6 Å². The van der Waals surface area contributed by atoms with Crippen molar-refractivity contribution in [2.45, 2.75) is 18.7 Å². The molecule has 8 nitrogen and oxygen atoms in total. The first-order valence-corrected chi connectivity index (χ1v) is 9.02. The highest BCUT2D eigenvalue weighted by molar-refractivity contribution is 7.92. The van der Waals surface area contributed by atoms with Crippen molar-refractivity contribution in [3.63, 3.8) is 0 Å². The van der Waals surface area contributed by atoms with Crippen LogP contribution in [0.15, 0.2) is 47.4 Å². The summed E-state index contributed by atoms with van der Waals surface area (Å²) in [5.41, 5.74) is -0.281. The molecule has 0 unspecified atom stereocenters. The first-order chi connectivity index (χ1) is 11.9. The number of nitro groups is 1. The Morgan fingerprint density at radius 2 is 1.56 bits per heavy atom. The standard InChI is InChI=1S/C16H18N2O6S/c1-3-23-13-7-5-12(6-8-13)17-25(21,22)16-10-9-14(24-4-2)11-15(16)18(19)20/h5-11,17H,3-4H2,1-2H3. The van der Waals surface area contributed by atoms with Crippen LogP contribution >= 0.6 is 0 Å². The van der Waals surface area contributed by atoms with Crippen LogP contribution in [0.2, 0.25) is 0 Å². The number of benzene rings is 2. The minimum atomic E-state index is -4.13. The molecule has 0 heterocycles. The van der Waals surface area contributed by atoms with Crippen molar-refractivity contribution in [3.8, 4) is 11.5 Å². The molecule has 0 aliphatic heterocycles. The van der Waals surface area contributed by atoms with Crippen LogP contribution in [0.5, 0.6) is 11.5 Å². The number of nitrogens with one attached hydrogen (secondary N) is 1. The maximum atomic E-state index is 12.5. The first-order valence-electron chi connectivity index (χ1n) is 7.54. The zero-order valence-electron chi connectivity index (χ0n) is 13.8. The lowest BCUT2D eigenvalue weighted by Crippen LogP contribution is -2.15. The number of anilines is 1. The quantitative estimate of drug-likeness (QED) is 0.568. The van der Waals surface area contributed by atoms with E-state index in [0.29, 0.717) is 19.0 Å². The van der Waals surface area contributed by atoms with Gasteiger partial charge < -0.3 is 9.47 Å². The van der Waals surface area contributed by atoms with Crippen LogP contribution in [-0.2, 0) is 10.0 Å². The van der Waals surface area contributed by atoms with E-state index < -0.39 is 25.5 Å². The number of hydrogen-bond acceptors (Lipinski definition) is 6. The molecule has 2 aromatic rings. The van der Waals surface area contributed by atoms with E-state index >= 15 is 0 Å². The number of rotatable bonds is 8. The Morgan fingerprint density at radius 1 is 1.00 bits per heavy atom. The molecule has 134 valence electrons. The van der Waals surface area contributed by atoms with E-state index in [1.165, 1.54) is 18.2 Å². The van der Waals surface area contributed by atoms with Gasteiger partial charge in [-0.1, -0.05) is 0 Å². The molecular weight excluding hydrogens is 348 g/mol. The number of hydrogen-bond donors (Lipinski definition) is 1. The van der Waals surface area contributed by atoms with E-state index in [4.69, 9.17) is 9.47 Å². The number of nitro benzene ring substituents is 1. The van der Waals surface area contributed by atoms with Crippen LogP contribution in [-0.4, -0.2) is 26.6 Å². The predicted molar refractivity (Wildman–Crippen MR) is 92.7 cm³/mol. The number of nitrogens with zero attached hydrogens (tertiary/aromatic N) is 1. The topological polar surface area (TPSA) is 108 Å². The van der Waals surface area contributed by atoms with Gasteiger partial charge in [-0.05, 0) is 50.2 Å². The summed E-state index contributed by atoms with van der Waals surface area (Å²) in [5, 5.41) is 11.2. The average molecular weight is 366 g/mol. The lowest BCUT2D eigenvalue weighted by atomic mass is 10.3. The second-order valence-electron chi connectivity index (χ2n) is 4.88. The second-order valence-corrected chi connectivity index (χ2v) is 6.53. The van der Waals surface area contributed by atoms with E-state index in [0.717, 1.165) is 12.1 Å². The summed E-state index contributed by atoms with van der Waals surface area (Å²) >= 11 is 0. The smallest absolute Gasteiger partial charge is 0.293 e. The van der Waals surface area contributed by atoms with Crippen LogP contribution in [0.1, 0.15) is 13.8 Å². The summed E-state index contributed by atoms with van der Waals surface area (Å²) in [4.78, 5) is 10.0. The molecule has 0 radical (unpaired) electrons. The molecule has 0 spiro atoms. The lowest BCUT2D eigenvalue weighted by Gasteiger charge is -2.10. The third kappa shape index (κ3) is 4.60. The van der Waals surface area contributed by atoms with Gasteiger partial charge in [-0.3, -0.25) is 14.8 Å². The van der Waals surface area contributed by atoms with Gasteiger partial charge in [0, 0.05) is 5.69 Å². The van der Waals surface area contributed by atoms with Crippen LogP contribution in [0.25, 0.3) is 0 Å². The van der Waals surface area contributed by atoms with Crippen LogP contribution < -0.4 is 14.2 Å².